The Bertz CT molecular complexity index is 1610. The Morgan fingerprint density at radius 2 is 1.80 bits per heavy atom. The van der Waals surface area contributed by atoms with Crippen LogP contribution in [0.1, 0.15) is 40.4 Å². The summed E-state index contributed by atoms with van der Waals surface area (Å²) >= 11 is 1.49. The molecule has 0 atom stereocenters. The number of hydrogen-bond acceptors (Lipinski definition) is 4. The average Bonchev–Trinajstić information content (AvgIpc) is 3.20. The Balaban J connectivity index is 1.48. The van der Waals surface area contributed by atoms with Gasteiger partial charge in [-0.25, -0.2) is 8.42 Å². The highest BCUT2D eigenvalue weighted by Crippen LogP contribution is 2.32. The lowest BCUT2D eigenvalue weighted by atomic mass is 10.0. The number of sulfonamides is 1. The fourth-order valence-corrected chi connectivity index (χ4v) is 7.58. The van der Waals surface area contributed by atoms with Crippen molar-refractivity contribution in [2.45, 2.75) is 45.1 Å². The van der Waals surface area contributed by atoms with E-state index < -0.39 is 10.0 Å². The number of carbonyl (C=O) groups excluding carboxylic acids is 1. The second-order valence-corrected chi connectivity index (χ2v) is 11.7. The molecule has 4 aromatic rings. The van der Waals surface area contributed by atoms with Crippen molar-refractivity contribution >= 4 is 43.2 Å². The molecule has 0 radical (unpaired) electrons. The lowest BCUT2D eigenvalue weighted by Crippen LogP contribution is -2.35. The largest absolute Gasteiger partial charge is 0.316 e. The van der Waals surface area contributed by atoms with Crippen molar-refractivity contribution in [1.82, 2.24) is 4.57 Å². The summed E-state index contributed by atoms with van der Waals surface area (Å²) < 4.78 is 31.4. The Labute approximate surface area is 209 Å². The number of fused-ring (bicyclic) bond motifs is 2. The first kappa shape index (κ1) is 23.5. The van der Waals surface area contributed by atoms with E-state index in [1.165, 1.54) is 33.3 Å². The van der Waals surface area contributed by atoms with Gasteiger partial charge in [-0.15, -0.1) is 0 Å². The number of benzene rings is 3. The fourth-order valence-electron chi connectivity index (χ4n) is 4.77. The predicted octanol–water partition coefficient (Wildman–Crippen LogP) is 5.22. The van der Waals surface area contributed by atoms with Crippen LogP contribution in [0.25, 0.3) is 10.2 Å². The van der Waals surface area contributed by atoms with E-state index in [1.807, 2.05) is 31.2 Å². The van der Waals surface area contributed by atoms with Gasteiger partial charge in [-0.05, 0) is 86.7 Å². The molecule has 5 rings (SSSR count). The van der Waals surface area contributed by atoms with Crippen LogP contribution in [-0.4, -0.2) is 25.4 Å². The van der Waals surface area contributed by atoms with Gasteiger partial charge in [0, 0.05) is 18.7 Å². The molecule has 6 nitrogen and oxygen atoms in total. The molecular weight excluding hydrogens is 478 g/mol. The molecule has 35 heavy (non-hydrogen) atoms. The fraction of sp³-hybridized carbons (Fsp3) is 0.259. The molecule has 1 aliphatic rings. The Kier molecular flexibility index (Phi) is 6.11. The van der Waals surface area contributed by atoms with Gasteiger partial charge < -0.3 is 4.57 Å². The number of thiazole rings is 1. The van der Waals surface area contributed by atoms with Crippen LogP contribution < -0.4 is 9.11 Å². The van der Waals surface area contributed by atoms with E-state index in [9.17, 15) is 13.2 Å². The summed E-state index contributed by atoms with van der Waals surface area (Å²) in [6.45, 7) is 7.30. The van der Waals surface area contributed by atoms with Crippen LogP contribution >= 0.6 is 11.3 Å². The Morgan fingerprint density at radius 1 is 1.06 bits per heavy atom. The molecule has 8 heteroatoms. The highest BCUT2D eigenvalue weighted by molar-refractivity contribution is 7.92. The summed E-state index contributed by atoms with van der Waals surface area (Å²) in [6.07, 6.45) is 1.64. The maximum atomic E-state index is 13.4. The monoisotopic (exact) mass is 505 g/mol. The Morgan fingerprint density at radius 3 is 2.54 bits per heavy atom. The molecule has 1 amide bonds. The molecule has 0 N–H and O–H groups in total. The van der Waals surface area contributed by atoms with Gasteiger partial charge in [0.1, 0.15) is 0 Å². The number of aryl methyl sites for hydroxylation is 4. The molecule has 3 aromatic carbocycles. The molecule has 0 bridgehead atoms. The highest BCUT2D eigenvalue weighted by Gasteiger charge is 2.29. The summed E-state index contributed by atoms with van der Waals surface area (Å²) in [7, 11) is -3.72. The van der Waals surface area contributed by atoms with Crippen molar-refractivity contribution in [1.29, 1.82) is 0 Å². The lowest BCUT2D eigenvalue weighted by molar-refractivity contribution is 0.0997. The summed E-state index contributed by atoms with van der Waals surface area (Å²) in [5.74, 6) is -0.389. The van der Waals surface area contributed by atoms with Crippen molar-refractivity contribution in [2.75, 3.05) is 10.8 Å². The third-order valence-electron chi connectivity index (χ3n) is 6.38. The highest BCUT2D eigenvalue weighted by atomic mass is 32.2. The first-order valence-corrected chi connectivity index (χ1v) is 14.0. The van der Waals surface area contributed by atoms with Crippen molar-refractivity contribution in [3.63, 3.8) is 0 Å². The van der Waals surface area contributed by atoms with Crippen molar-refractivity contribution in [2.24, 2.45) is 4.99 Å². The minimum Gasteiger partial charge on any atom is -0.316 e. The van der Waals surface area contributed by atoms with Crippen LogP contribution in [0.3, 0.4) is 0 Å². The van der Waals surface area contributed by atoms with Crippen molar-refractivity contribution in [3.8, 4) is 0 Å². The Hall–Kier alpha value is -3.23. The van der Waals surface area contributed by atoms with Gasteiger partial charge in [0.05, 0.1) is 20.8 Å². The minimum atomic E-state index is -3.72. The number of rotatable bonds is 4. The third-order valence-corrected chi connectivity index (χ3v) is 9.24. The molecule has 0 fully saturated rings. The zero-order valence-electron chi connectivity index (χ0n) is 20.0. The number of nitrogens with zero attached hydrogens (tertiary/aromatic N) is 3. The van der Waals surface area contributed by atoms with Crippen molar-refractivity contribution in [3.05, 3.63) is 87.7 Å². The van der Waals surface area contributed by atoms with E-state index in [4.69, 9.17) is 0 Å². The summed E-state index contributed by atoms with van der Waals surface area (Å²) in [5, 5.41) is 0. The molecular formula is C27H27N3O3S2. The summed E-state index contributed by atoms with van der Waals surface area (Å²) in [4.78, 5) is 18.2. The van der Waals surface area contributed by atoms with Gasteiger partial charge in [0.15, 0.2) is 4.80 Å². The van der Waals surface area contributed by atoms with Crippen LogP contribution in [0.2, 0.25) is 0 Å². The van der Waals surface area contributed by atoms with Gasteiger partial charge in [-0.2, -0.15) is 4.99 Å². The second-order valence-electron chi connectivity index (χ2n) is 8.81. The minimum absolute atomic E-state index is 0.169. The predicted molar refractivity (Wildman–Crippen MR) is 141 cm³/mol. The van der Waals surface area contributed by atoms with Crippen molar-refractivity contribution < 1.29 is 13.2 Å². The summed E-state index contributed by atoms with van der Waals surface area (Å²) in [6, 6.07) is 18.0. The molecule has 1 aliphatic heterocycles. The maximum Gasteiger partial charge on any atom is 0.279 e. The number of carbonyl (C=O) groups is 1. The van der Waals surface area contributed by atoms with Gasteiger partial charge in [-0.3, -0.25) is 9.10 Å². The second kappa shape index (κ2) is 9.09. The average molecular weight is 506 g/mol. The summed E-state index contributed by atoms with van der Waals surface area (Å²) in [5.41, 5.74) is 5.54. The topological polar surface area (TPSA) is 71.7 Å². The van der Waals surface area contributed by atoms with E-state index in [-0.39, 0.29) is 10.8 Å². The van der Waals surface area contributed by atoms with E-state index in [0.717, 1.165) is 39.9 Å². The zero-order valence-corrected chi connectivity index (χ0v) is 21.6. The smallest absolute Gasteiger partial charge is 0.279 e. The normalized spacial score (nSPS) is 14.4. The van der Waals surface area contributed by atoms with Crippen LogP contribution in [0.5, 0.6) is 0 Å². The first-order valence-electron chi connectivity index (χ1n) is 11.7. The van der Waals surface area contributed by atoms with Crippen LogP contribution in [-0.2, 0) is 23.0 Å². The molecule has 0 saturated carbocycles. The molecule has 2 heterocycles. The number of anilines is 1. The molecule has 180 valence electrons. The molecule has 1 aromatic heterocycles. The van der Waals surface area contributed by atoms with Crippen LogP contribution in [0.15, 0.2) is 70.6 Å². The first-order chi connectivity index (χ1) is 16.8. The molecule has 0 spiro atoms. The number of para-hydroxylation sites is 1. The number of hydrogen-bond donors (Lipinski definition) is 0. The maximum absolute atomic E-state index is 13.4. The number of aromatic nitrogens is 1. The lowest BCUT2D eigenvalue weighted by Gasteiger charge is -2.30. The van der Waals surface area contributed by atoms with E-state index in [0.29, 0.717) is 23.5 Å². The molecule has 0 unspecified atom stereocenters. The van der Waals surface area contributed by atoms with E-state index in [1.54, 1.807) is 12.1 Å². The molecule has 0 aliphatic carbocycles. The van der Waals surface area contributed by atoms with Gasteiger partial charge in [0.25, 0.3) is 15.9 Å². The standard InChI is InChI=1S/C27H27N3O3S2/c1-4-29-25-19(3)16-18(2)17-24(25)34-27(29)28-26(31)21-11-13-22(14-12-21)35(32,33)30-15-7-9-20-8-5-6-10-23(20)30/h5-6,8,10-14,16-17H,4,7,9,15H2,1-3H3. The van der Waals surface area contributed by atoms with Gasteiger partial charge in [-0.1, -0.05) is 35.6 Å². The van der Waals surface area contributed by atoms with Gasteiger partial charge in [0.2, 0.25) is 0 Å². The quantitative estimate of drug-likeness (QED) is 0.382. The SMILES string of the molecule is CCn1c(=NC(=O)c2ccc(S(=O)(=O)N3CCCc4ccccc43)cc2)sc2cc(C)cc(C)c21. The number of amides is 1. The molecule has 0 saturated heterocycles. The van der Waals surface area contributed by atoms with Gasteiger partial charge >= 0.3 is 0 Å². The van der Waals surface area contributed by atoms with E-state index in [2.05, 4.69) is 35.5 Å². The van der Waals surface area contributed by atoms with E-state index >= 15 is 0 Å². The van der Waals surface area contributed by atoms with Crippen LogP contribution in [0.4, 0.5) is 5.69 Å². The van der Waals surface area contributed by atoms with Crippen LogP contribution in [0, 0.1) is 13.8 Å². The zero-order chi connectivity index (χ0) is 24.7. The third kappa shape index (κ3) is 4.21.